The number of nitrogens with zero attached hydrogens (tertiary/aromatic N) is 2. The molecule has 0 unspecified atom stereocenters. The Morgan fingerprint density at radius 3 is 2.84 bits per heavy atom. The Bertz CT molecular complexity index is 587. The summed E-state index contributed by atoms with van der Waals surface area (Å²) in [6, 6.07) is 5.56. The lowest BCUT2D eigenvalue weighted by atomic mass is 10.1. The number of hydrogen-bond donors (Lipinski definition) is 1. The van der Waals surface area contributed by atoms with Gasteiger partial charge in [0.05, 0.1) is 12.8 Å². The molecule has 100 valence electrons. The highest BCUT2D eigenvalue weighted by Gasteiger charge is 2.12. The van der Waals surface area contributed by atoms with Gasteiger partial charge < -0.3 is 10.5 Å². The van der Waals surface area contributed by atoms with Crippen LogP contribution in [0.4, 0.5) is 0 Å². The number of halogens is 1. The summed E-state index contributed by atoms with van der Waals surface area (Å²) in [6.45, 7) is 2.48. The quantitative estimate of drug-likeness (QED) is 0.933. The van der Waals surface area contributed by atoms with Gasteiger partial charge in [-0.2, -0.15) is 0 Å². The number of aryl methyl sites for hydroxylation is 1. The van der Waals surface area contributed by atoms with E-state index in [9.17, 15) is 0 Å². The molecule has 2 aromatic rings. The van der Waals surface area contributed by atoms with Gasteiger partial charge in [-0.05, 0) is 37.2 Å². The Morgan fingerprint density at radius 2 is 2.16 bits per heavy atom. The van der Waals surface area contributed by atoms with Crippen molar-refractivity contribution in [3.05, 3.63) is 40.8 Å². The van der Waals surface area contributed by atoms with E-state index in [1.807, 2.05) is 25.1 Å². The molecule has 1 aromatic carbocycles. The first-order chi connectivity index (χ1) is 9.15. The van der Waals surface area contributed by atoms with E-state index in [0.29, 0.717) is 18.0 Å². The molecule has 0 saturated carbocycles. The number of nitrogens with two attached hydrogens (primary N) is 1. The molecule has 4 nitrogen and oxygen atoms in total. The average molecular weight is 278 g/mol. The fourth-order valence-electron chi connectivity index (χ4n) is 1.99. The zero-order chi connectivity index (χ0) is 13.8. The monoisotopic (exact) mass is 277 g/mol. The molecule has 19 heavy (non-hydrogen) atoms. The summed E-state index contributed by atoms with van der Waals surface area (Å²) in [5.41, 5.74) is 8.16. The van der Waals surface area contributed by atoms with Crippen LogP contribution in [0.15, 0.2) is 24.4 Å². The van der Waals surface area contributed by atoms with Gasteiger partial charge in [0.2, 0.25) is 0 Å². The molecule has 0 aliphatic rings. The van der Waals surface area contributed by atoms with E-state index in [-0.39, 0.29) is 0 Å². The molecular formula is C14H16ClN3O. The van der Waals surface area contributed by atoms with Crippen molar-refractivity contribution in [2.24, 2.45) is 5.73 Å². The first-order valence-corrected chi connectivity index (χ1v) is 6.40. The van der Waals surface area contributed by atoms with Gasteiger partial charge in [0.25, 0.3) is 0 Å². The Balaban J connectivity index is 2.54. The van der Waals surface area contributed by atoms with Crippen molar-refractivity contribution in [1.29, 1.82) is 0 Å². The van der Waals surface area contributed by atoms with Crippen LogP contribution in [0, 0.1) is 6.92 Å². The smallest absolute Gasteiger partial charge is 0.131 e. The van der Waals surface area contributed by atoms with Crippen LogP contribution in [0.2, 0.25) is 5.02 Å². The largest absolute Gasteiger partial charge is 0.496 e. The minimum Gasteiger partial charge on any atom is -0.496 e. The molecule has 0 amide bonds. The maximum Gasteiger partial charge on any atom is 0.131 e. The average Bonchev–Trinajstić information content (AvgIpc) is 2.38. The van der Waals surface area contributed by atoms with Crippen molar-refractivity contribution in [3.63, 3.8) is 0 Å². The van der Waals surface area contributed by atoms with Crippen LogP contribution in [0.5, 0.6) is 5.75 Å². The first-order valence-electron chi connectivity index (χ1n) is 6.02. The molecule has 1 aromatic heterocycles. The van der Waals surface area contributed by atoms with Gasteiger partial charge in [0.1, 0.15) is 11.6 Å². The molecule has 2 N–H and O–H groups in total. The van der Waals surface area contributed by atoms with E-state index in [1.54, 1.807) is 13.3 Å². The maximum absolute atomic E-state index is 6.11. The highest BCUT2D eigenvalue weighted by molar-refractivity contribution is 6.31. The SMILES string of the molecule is COc1c(C)cc(Cl)cc1-c1ccnc(CCN)n1. The molecule has 0 fully saturated rings. The van der Waals surface area contributed by atoms with E-state index < -0.39 is 0 Å². The minimum atomic E-state index is 0.523. The normalized spacial score (nSPS) is 10.5. The lowest BCUT2D eigenvalue weighted by molar-refractivity contribution is 0.413. The molecule has 0 saturated heterocycles. The number of benzene rings is 1. The maximum atomic E-state index is 6.11. The Labute approximate surface area is 117 Å². The van der Waals surface area contributed by atoms with Crippen molar-refractivity contribution in [1.82, 2.24) is 9.97 Å². The highest BCUT2D eigenvalue weighted by atomic mass is 35.5. The van der Waals surface area contributed by atoms with Crippen LogP contribution in [-0.2, 0) is 6.42 Å². The van der Waals surface area contributed by atoms with Gasteiger partial charge in [-0.25, -0.2) is 9.97 Å². The van der Waals surface area contributed by atoms with Crippen LogP contribution in [0.3, 0.4) is 0 Å². The van der Waals surface area contributed by atoms with Gasteiger partial charge in [0, 0.05) is 23.2 Å². The van der Waals surface area contributed by atoms with Crippen molar-refractivity contribution in [2.45, 2.75) is 13.3 Å². The van der Waals surface area contributed by atoms with Crippen LogP contribution in [0.1, 0.15) is 11.4 Å². The third kappa shape index (κ3) is 3.03. The predicted octanol–water partition coefficient (Wildman–Crippen LogP) is 2.62. The topological polar surface area (TPSA) is 61.0 Å². The molecule has 0 aliphatic heterocycles. The summed E-state index contributed by atoms with van der Waals surface area (Å²) in [5.74, 6) is 1.50. The number of ether oxygens (including phenoxy) is 1. The molecule has 5 heteroatoms. The van der Waals surface area contributed by atoms with Crippen LogP contribution < -0.4 is 10.5 Å². The van der Waals surface area contributed by atoms with Gasteiger partial charge in [0.15, 0.2) is 0 Å². The molecular weight excluding hydrogens is 262 g/mol. The molecule has 0 aliphatic carbocycles. The van der Waals surface area contributed by atoms with E-state index >= 15 is 0 Å². The third-order valence-corrected chi connectivity index (χ3v) is 3.01. The molecule has 0 radical (unpaired) electrons. The van der Waals surface area contributed by atoms with Crippen molar-refractivity contribution < 1.29 is 4.74 Å². The van der Waals surface area contributed by atoms with E-state index in [1.165, 1.54) is 0 Å². The summed E-state index contributed by atoms with van der Waals surface area (Å²) in [4.78, 5) is 8.68. The second-order valence-electron chi connectivity index (χ2n) is 4.20. The Hall–Kier alpha value is -1.65. The highest BCUT2D eigenvalue weighted by Crippen LogP contribution is 2.34. The van der Waals surface area contributed by atoms with Gasteiger partial charge in [-0.1, -0.05) is 11.6 Å². The summed E-state index contributed by atoms with van der Waals surface area (Å²) < 4.78 is 5.44. The second-order valence-corrected chi connectivity index (χ2v) is 4.64. The first kappa shape index (κ1) is 13.8. The number of hydrogen-bond acceptors (Lipinski definition) is 4. The molecule has 0 spiro atoms. The van der Waals surface area contributed by atoms with Crippen molar-refractivity contribution in [2.75, 3.05) is 13.7 Å². The standard InChI is InChI=1S/C14H16ClN3O/c1-9-7-10(15)8-11(14(9)19-2)12-4-6-17-13(18-12)3-5-16/h4,6-8H,3,5,16H2,1-2H3. The lowest BCUT2D eigenvalue weighted by Gasteiger charge is -2.12. The number of rotatable bonds is 4. The Morgan fingerprint density at radius 1 is 1.37 bits per heavy atom. The van der Waals surface area contributed by atoms with Crippen molar-refractivity contribution in [3.8, 4) is 17.0 Å². The Kier molecular flexibility index (Phi) is 4.35. The van der Waals surface area contributed by atoms with E-state index in [0.717, 1.165) is 28.4 Å². The van der Waals surface area contributed by atoms with Crippen LogP contribution in [0.25, 0.3) is 11.3 Å². The van der Waals surface area contributed by atoms with E-state index in [2.05, 4.69) is 9.97 Å². The molecule has 0 bridgehead atoms. The minimum absolute atomic E-state index is 0.523. The van der Waals surface area contributed by atoms with Gasteiger partial charge in [-0.3, -0.25) is 0 Å². The fourth-order valence-corrected chi connectivity index (χ4v) is 2.26. The van der Waals surface area contributed by atoms with E-state index in [4.69, 9.17) is 22.1 Å². The summed E-state index contributed by atoms with van der Waals surface area (Å²) in [6.07, 6.45) is 2.37. The molecule has 0 atom stereocenters. The van der Waals surface area contributed by atoms with Gasteiger partial charge in [-0.15, -0.1) is 0 Å². The summed E-state index contributed by atoms with van der Waals surface area (Å²) >= 11 is 6.11. The second kappa shape index (κ2) is 5.99. The lowest BCUT2D eigenvalue weighted by Crippen LogP contribution is -2.06. The van der Waals surface area contributed by atoms with Gasteiger partial charge >= 0.3 is 0 Å². The number of methoxy groups -OCH3 is 1. The summed E-state index contributed by atoms with van der Waals surface area (Å²) in [5, 5.41) is 0.660. The van der Waals surface area contributed by atoms with Crippen LogP contribution >= 0.6 is 11.6 Å². The zero-order valence-electron chi connectivity index (χ0n) is 11.0. The zero-order valence-corrected chi connectivity index (χ0v) is 11.7. The van der Waals surface area contributed by atoms with Crippen molar-refractivity contribution >= 4 is 11.6 Å². The molecule has 1 heterocycles. The molecule has 2 rings (SSSR count). The predicted molar refractivity (Wildman–Crippen MR) is 76.5 cm³/mol. The number of aromatic nitrogens is 2. The summed E-state index contributed by atoms with van der Waals surface area (Å²) in [7, 11) is 1.64. The third-order valence-electron chi connectivity index (χ3n) is 2.79. The van der Waals surface area contributed by atoms with Crippen LogP contribution in [-0.4, -0.2) is 23.6 Å². The fraction of sp³-hybridized carbons (Fsp3) is 0.286.